The summed E-state index contributed by atoms with van der Waals surface area (Å²) < 4.78 is 12.3. The zero-order valence-corrected chi connectivity index (χ0v) is 22.5. The molecule has 2 aliphatic heterocycles. The molecular weight excluding hydrogens is 500 g/mol. The molecule has 2 atom stereocenters. The maximum atomic E-state index is 14.2. The SMILES string of the molecule is CN1Cc2ccccc2C[C@]2(N=C(c3ccc(OCCCO)cc3)O[C@@H]2c2ccc(-c3ccccc3)cc2)C1=O. The molecule has 0 bridgehead atoms. The van der Waals surface area contributed by atoms with Crippen molar-refractivity contribution in [1.82, 2.24) is 4.90 Å². The van der Waals surface area contributed by atoms with Crippen molar-refractivity contribution in [2.75, 3.05) is 20.3 Å². The highest BCUT2D eigenvalue weighted by Crippen LogP contribution is 2.45. The van der Waals surface area contributed by atoms with Crippen LogP contribution in [0.4, 0.5) is 0 Å². The molecule has 0 aliphatic carbocycles. The molecule has 0 saturated heterocycles. The number of nitrogens with zero attached hydrogens (tertiary/aromatic N) is 2. The van der Waals surface area contributed by atoms with Crippen molar-refractivity contribution in [3.63, 3.8) is 0 Å². The van der Waals surface area contributed by atoms with Gasteiger partial charge in [0, 0.05) is 38.6 Å². The van der Waals surface area contributed by atoms with Crippen LogP contribution in [0.5, 0.6) is 5.75 Å². The van der Waals surface area contributed by atoms with Crippen molar-refractivity contribution in [3.05, 3.63) is 125 Å². The molecule has 1 N–H and O–H groups in total. The predicted molar refractivity (Wildman–Crippen MR) is 155 cm³/mol. The second kappa shape index (κ2) is 11.0. The minimum Gasteiger partial charge on any atom is -0.494 e. The molecular formula is C34H32N2O4. The van der Waals surface area contributed by atoms with Gasteiger partial charge in [-0.2, -0.15) is 0 Å². The third-order valence-corrected chi connectivity index (χ3v) is 7.66. The van der Waals surface area contributed by atoms with Crippen molar-refractivity contribution >= 4 is 11.8 Å². The van der Waals surface area contributed by atoms with E-state index in [1.165, 1.54) is 0 Å². The number of aliphatic hydroxyl groups is 1. The van der Waals surface area contributed by atoms with Crippen molar-refractivity contribution in [3.8, 4) is 16.9 Å². The van der Waals surface area contributed by atoms with Gasteiger partial charge in [-0.1, -0.05) is 78.9 Å². The first-order valence-corrected chi connectivity index (χ1v) is 13.7. The molecule has 1 amide bonds. The summed E-state index contributed by atoms with van der Waals surface area (Å²) in [5, 5.41) is 9.02. The Hall–Kier alpha value is -4.42. The van der Waals surface area contributed by atoms with Gasteiger partial charge in [-0.3, -0.25) is 4.79 Å². The Morgan fingerprint density at radius 2 is 1.52 bits per heavy atom. The Bertz CT molecular complexity index is 1520. The number of likely N-dealkylation sites (N-methyl/N-ethyl adjacent to an activating group) is 1. The van der Waals surface area contributed by atoms with Crippen LogP contribution in [0, 0.1) is 0 Å². The van der Waals surface area contributed by atoms with Crippen LogP contribution in [-0.4, -0.2) is 47.6 Å². The molecule has 40 heavy (non-hydrogen) atoms. The lowest BCUT2D eigenvalue weighted by molar-refractivity contribution is -0.138. The minimum absolute atomic E-state index is 0.0557. The largest absolute Gasteiger partial charge is 0.494 e. The van der Waals surface area contributed by atoms with Crippen LogP contribution in [0.3, 0.4) is 0 Å². The molecule has 6 heteroatoms. The normalized spacial score (nSPS) is 20.1. The van der Waals surface area contributed by atoms with Gasteiger partial charge >= 0.3 is 0 Å². The number of amides is 1. The van der Waals surface area contributed by atoms with Crippen LogP contribution in [0.15, 0.2) is 108 Å². The van der Waals surface area contributed by atoms with Gasteiger partial charge in [0.1, 0.15) is 5.75 Å². The molecule has 1 spiro atoms. The first-order valence-electron chi connectivity index (χ1n) is 13.7. The quantitative estimate of drug-likeness (QED) is 0.315. The van der Waals surface area contributed by atoms with Crippen molar-refractivity contribution in [2.24, 2.45) is 4.99 Å². The highest BCUT2D eigenvalue weighted by atomic mass is 16.5. The van der Waals surface area contributed by atoms with E-state index in [-0.39, 0.29) is 12.5 Å². The van der Waals surface area contributed by atoms with E-state index in [4.69, 9.17) is 19.6 Å². The van der Waals surface area contributed by atoms with E-state index in [0.717, 1.165) is 33.4 Å². The first-order chi connectivity index (χ1) is 19.6. The van der Waals surface area contributed by atoms with E-state index in [1.807, 2.05) is 61.6 Å². The van der Waals surface area contributed by atoms with Crippen LogP contribution < -0.4 is 4.74 Å². The minimum atomic E-state index is -1.14. The monoisotopic (exact) mass is 532 g/mol. The first kappa shape index (κ1) is 25.8. The molecule has 4 aromatic carbocycles. The Morgan fingerprint density at radius 3 is 2.25 bits per heavy atom. The highest BCUT2D eigenvalue weighted by molar-refractivity contribution is 6.01. The Labute approximate surface area is 234 Å². The number of aliphatic imine (C=N–C) groups is 1. The van der Waals surface area contributed by atoms with E-state index in [9.17, 15) is 4.79 Å². The molecule has 2 heterocycles. The number of fused-ring (bicyclic) bond motifs is 1. The number of carbonyl (C=O) groups is 1. The van der Waals surface area contributed by atoms with E-state index in [1.54, 1.807) is 4.90 Å². The number of aliphatic hydroxyl groups excluding tert-OH is 1. The molecule has 6 nitrogen and oxygen atoms in total. The standard InChI is InChI=1S/C34H32N2O4/c1-36-23-29-11-6-5-10-28(29)22-34(33(36)38)31(26-14-12-25(13-15-26)24-8-3-2-4-9-24)40-32(35-34)27-16-18-30(19-17-27)39-21-7-20-37/h2-6,8-19,31,37H,7,20-23H2,1H3/t31-,34-/m1/s1. The van der Waals surface area contributed by atoms with Crippen LogP contribution in [0.1, 0.15) is 34.8 Å². The van der Waals surface area contributed by atoms with Gasteiger partial charge < -0.3 is 19.5 Å². The fourth-order valence-corrected chi connectivity index (χ4v) is 5.58. The van der Waals surface area contributed by atoms with Crippen LogP contribution in [0.2, 0.25) is 0 Å². The van der Waals surface area contributed by atoms with E-state index in [0.29, 0.717) is 37.6 Å². The molecule has 6 rings (SSSR count). The summed E-state index contributed by atoms with van der Waals surface area (Å²) in [7, 11) is 1.84. The second-order valence-corrected chi connectivity index (χ2v) is 10.4. The molecule has 0 unspecified atom stereocenters. The summed E-state index contributed by atoms with van der Waals surface area (Å²) in [5.74, 6) is 1.10. The average Bonchev–Trinajstić information content (AvgIpc) is 3.34. The fourth-order valence-electron chi connectivity index (χ4n) is 5.58. The van der Waals surface area contributed by atoms with Gasteiger partial charge in [0.15, 0.2) is 11.6 Å². The molecule has 202 valence electrons. The Morgan fingerprint density at radius 1 is 0.875 bits per heavy atom. The summed E-state index contributed by atoms with van der Waals surface area (Å²) >= 11 is 0. The topological polar surface area (TPSA) is 71.4 Å². The molecule has 2 aliphatic rings. The number of hydrogen-bond acceptors (Lipinski definition) is 5. The molecule has 0 aromatic heterocycles. The predicted octanol–water partition coefficient (Wildman–Crippen LogP) is 5.59. The lowest BCUT2D eigenvalue weighted by Gasteiger charge is -2.31. The number of benzene rings is 4. The molecule has 0 saturated carbocycles. The van der Waals surface area contributed by atoms with Crippen LogP contribution >= 0.6 is 0 Å². The van der Waals surface area contributed by atoms with Gasteiger partial charge in [-0.25, -0.2) is 4.99 Å². The average molecular weight is 533 g/mol. The number of ether oxygens (including phenoxy) is 2. The maximum Gasteiger partial charge on any atom is 0.255 e. The molecule has 0 radical (unpaired) electrons. The van der Waals surface area contributed by atoms with E-state index >= 15 is 0 Å². The van der Waals surface area contributed by atoms with Crippen molar-refractivity contribution in [1.29, 1.82) is 0 Å². The van der Waals surface area contributed by atoms with E-state index < -0.39 is 11.6 Å². The lowest BCUT2D eigenvalue weighted by Crippen LogP contribution is -2.48. The number of rotatable bonds is 7. The van der Waals surface area contributed by atoms with Crippen molar-refractivity contribution < 1.29 is 19.4 Å². The zero-order chi connectivity index (χ0) is 27.5. The summed E-state index contributed by atoms with van der Waals surface area (Å²) in [5.41, 5.74) is 5.02. The maximum absolute atomic E-state index is 14.2. The molecule has 0 fully saturated rings. The van der Waals surface area contributed by atoms with Gasteiger partial charge in [0.05, 0.1) is 6.61 Å². The zero-order valence-electron chi connectivity index (χ0n) is 22.5. The van der Waals surface area contributed by atoms with Gasteiger partial charge in [-0.15, -0.1) is 0 Å². The Balaban J connectivity index is 1.40. The molecule has 4 aromatic rings. The van der Waals surface area contributed by atoms with Crippen LogP contribution in [-0.2, 0) is 22.5 Å². The van der Waals surface area contributed by atoms with Gasteiger partial charge in [-0.05, 0) is 52.1 Å². The fraction of sp³-hybridized carbons (Fsp3) is 0.235. The Kier molecular flexibility index (Phi) is 7.10. The second-order valence-electron chi connectivity index (χ2n) is 10.4. The van der Waals surface area contributed by atoms with Gasteiger partial charge in [0.2, 0.25) is 5.90 Å². The van der Waals surface area contributed by atoms with Crippen LogP contribution in [0.25, 0.3) is 11.1 Å². The summed E-state index contributed by atoms with van der Waals surface area (Å²) in [6.45, 7) is 1.06. The summed E-state index contributed by atoms with van der Waals surface area (Å²) in [6.07, 6.45) is 0.430. The third kappa shape index (κ3) is 4.87. The van der Waals surface area contributed by atoms with Crippen molar-refractivity contribution in [2.45, 2.75) is 31.0 Å². The summed E-state index contributed by atoms with van der Waals surface area (Å²) in [4.78, 5) is 21.1. The van der Waals surface area contributed by atoms with Gasteiger partial charge in [0.25, 0.3) is 5.91 Å². The number of carbonyl (C=O) groups excluding carboxylic acids is 1. The highest BCUT2D eigenvalue weighted by Gasteiger charge is 2.55. The smallest absolute Gasteiger partial charge is 0.255 e. The summed E-state index contributed by atoms with van der Waals surface area (Å²) in [6, 6.07) is 34.2. The lowest BCUT2D eigenvalue weighted by atomic mass is 9.81. The van der Waals surface area contributed by atoms with E-state index in [2.05, 4.69) is 48.5 Å². The number of hydrogen-bond donors (Lipinski definition) is 1. The third-order valence-electron chi connectivity index (χ3n) is 7.66.